The van der Waals surface area contributed by atoms with Gasteiger partial charge in [-0.2, -0.15) is 0 Å². The van der Waals surface area contributed by atoms with Crippen LogP contribution in [0.2, 0.25) is 0 Å². The SMILES string of the molecule is NCCN(CCN)c1ccc(/C=C2\SC(=O)NC2=O)cc1. The van der Waals surface area contributed by atoms with Crippen molar-refractivity contribution in [2.45, 2.75) is 0 Å². The summed E-state index contributed by atoms with van der Waals surface area (Å²) in [7, 11) is 0. The summed E-state index contributed by atoms with van der Waals surface area (Å²) in [6.07, 6.45) is 1.70. The Bertz CT molecular complexity index is 551. The largest absolute Gasteiger partial charge is 0.369 e. The maximum absolute atomic E-state index is 11.5. The van der Waals surface area contributed by atoms with Gasteiger partial charge >= 0.3 is 0 Å². The first-order valence-corrected chi connectivity index (χ1v) is 7.45. The lowest BCUT2D eigenvalue weighted by atomic mass is 10.1. The summed E-state index contributed by atoms with van der Waals surface area (Å²) in [4.78, 5) is 25.1. The molecule has 0 atom stereocenters. The van der Waals surface area contributed by atoms with Crippen molar-refractivity contribution in [2.24, 2.45) is 11.5 Å². The minimum atomic E-state index is -0.345. The Hall–Kier alpha value is -1.83. The van der Waals surface area contributed by atoms with Crippen LogP contribution in [0.5, 0.6) is 0 Å². The van der Waals surface area contributed by atoms with Crippen molar-refractivity contribution in [1.82, 2.24) is 5.32 Å². The molecule has 5 N–H and O–H groups in total. The molecule has 1 saturated heterocycles. The third kappa shape index (κ3) is 4.07. The van der Waals surface area contributed by atoms with Crippen LogP contribution in [0.4, 0.5) is 10.5 Å². The monoisotopic (exact) mass is 306 g/mol. The second kappa shape index (κ2) is 7.26. The quantitative estimate of drug-likeness (QED) is 0.670. The van der Waals surface area contributed by atoms with Crippen LogP contribution >= 0.6 is 11.8 Å². The molecule has 21 heavy (non-hydrogen) atoms. The number of rotatable bonds is 6. The summed E-state index contributed by atoms with van der Waals surface area (Å²) >= 11 is 0.913. The van der Waals surface area contributed by atoms with E-state index in [1.807, 2.05) is 24.3 Å². The van der Waals surface area contributed by atoms with Gasteiger partial charge in [0.25, 0.3) is 11.1 Å². The number of nitrogens with zero attached hydrogens (tertiary/aromatic N) is 1. The zero-order chi connectivity index (χ0) is 15.2. The van der Waals surface area contributed by atoms with E-state index in [0.717, 1.165) is 36.1 Å². The van der Waals surface area contributed by atoms with E-state index in [1.54, 1.807) is 6.08 Å². The molecule has 1 heterocycles. The Morgan fingerprint density at radius 2 is 1.71 bits per heavy atom. The molecule has 0 spiro atoms. The van der Waals surface area contributed by atoms with Gasteiger partial charge in [-0.3, -0.25) is 14.9 Å². The Balaban J connectivity index is 2.13. The Morgan fingerprint density at radius 1 is 1.10 bits per heavy atom. The zero-order valence-electron chi connectivity index (χ0n) is 11.5. The number of carbonyl (C=O) groups excluding carboxylic acids is 2. The second-order valence-electron chi connectivity index (χ2n) is 4.51. The molecule has 0 aromatic heterocycles. The third-order valence-electron chi connectivity index (χ3n) is 3.00. The van der Waals surface area contributed by atoms with E-state index in [-0.39, 0.29) is 11.1 Å². The molecule has 0 saturated carbocycles. The van der Waals surface area contributed by atoms with Gasteiger partial charge in [0.05, 0.1) is 4.91 Å². The summed E-state index contributed by atoms with van der Waals surface area (Å²) in [6.45, 7) is 2.60. The number of nitrogens with one attached hydrogen (secondary N) is 1. The standard InChI is InChI=1S/C14H18N4O2S/c15-5-7-18(8-6-16)11-3-1-10(2-4-11)9-12-13(19)17-14(20)21-12/h1-4,9H,5-8,15-16H2,(H,17,19,20)/b12-9-. The predicted octanol–water partition coefficient (Wildman–Crippen LogP) is 0.734. The molecular formula is C14H18N4O2S. The number of hydrogen-bond acceptors (Lipinski definition) is 6. The fourth-order valence-electron chi connectivity index (χ4n) is 2.04. The smallest absolute Gasteiger partial charge is 0.290 e. The van der Waals surface area contributed by atoms with Crippen molar-refractivity contribution < 1.29 is 9.59 Å². The van der Waals surface area contributed by atoms with Crippen LogP contribution in [-0.2, 0) is 4.79 Å². The van der Waals surface area contributed by atoms with Crippen molar-refractivity contribution in [3.63, 3.8) is 0 Å². The predicted molar refractivity (Wildman–Crippen MR) is 85.9 cm³/mol. The number of anilines is 1. The number of imide groups is 1. The third-order valence-corrected chi connectivity index (χ3v) is 3.81. The van der Waals surface area contributed by atoms with Gasteiger partial charge < -0.3 is 16.4 Å². The lowest BCUT2D eigenvalue weighted by Gasteiger charge is -2.23. The van der Waals surface area contributed by atoms with Crippen LogP contribution in [-0.4, -0.2) is 37.3 Å². The van der Waals surface area contributed by atoms with E-state index >= 15 is 0 Å². The number of hydrogen-bond donors (Lipinski definition) is 3. The van der Waals surface area contributed by atoms with Gasteiger partial charge in [-0.15, -0.1) is 0 Å². The van der Waals surface area contributed by atoms with E-state index in [0.29, 0.717) is 18.0 Å². The maximum Gasteiger partial charge on any atom is 0.290 e. The normalized spacial score (nSPS) is 16.4. The average Bonchev–Trinajstić information content (AvgIpc) is 2.77. The number of carbonyl (C=O) groups is 2. The van der Waals surface area contributed by atoms with Gasteiger partial charge in [-0.25, -0.2) is 0 Å². The van der Waals surface area contributed by atoms with Crippen molar-refractivity contribution in [3.8, 4) is 0 Å². The minimum absolute atomic E-state index is 0.333. The fourth-order valence-corrected chi connectivity index (χ4v) is 2.72. The van der Waals surface area contributed by atoms with Crippen molar-refractivity contribution in [1.29, 1.82) is 0 Å². The van der Waals surface area contributed by atoms with Gasteiger partial charge in [0.15, 0.2) is 0 Å². The van der Waals surface area contributed by atoms with E-state index in [1.165, 1.54) is 0 Å². The van der Waals surface area contributed by atoms with Crippen LogP contribution in [0, 0.1) is 0 Å². The van der Waals surface area contributed by atoms with Crippen LogP contribution in [0.1, 0.15) is 5.56 Å². The van der Waals surface area contributed by atoms with E-state index in [2.05, 4.69) is 10.2 Å². The molecule has 2 amide bonds. The molecular weight excluding hydrogens is 288 g/mol. The van der Waals surface area contributed by atoms with Gasteiger partial charge in [-0.05, 0) is 35.5 Å². The van der Waals surface area contributed by atoms with Crippen molar-refractivity contribution in [3.05, 3.63) is 34.7 Å². The molecule has 1 aliphatic heterocycles. The summed E-state index contributed by atoms with van der Waals surface area (Å²) in [5, 5.41) is 1.90. The van der Waals surface area contributed by atoms with Crippen LogP contribution < -0.4 is 21.7 Å². The van der Waals surface area contributed by atoms with E-state index in [9.17, 15) is 9.59 Å². The highest BCUT2D eigenvalue weighted by Gasteiger charge is 2.24. The van der Waals surface area contributed by atoms with Crippen LogP contribution in [0.25, 0.3) is 6.08 Å². The van der Waals surface area contributed by atoms with Crippen molar-refractivity contribution >= 4 is 34.7 Å². The Labute approximate surface area is 127 Å². The van der Waals surface area contributed by atoms with Crippen molar-refractivity contribution in [2.75, 3.05) is 31.1 Å². The van der Waals surface area contributed by atoms with Crippen LogP contribution in [0.15, 0.2) is 29.2 Å². The first-order chi connectivity index (χ1) is 10.1. The Kier molecular flexibility index (Phi) is 5.38. The molecule has 6 nitrogen and oxygen atoms in total. The van der Waals surface area contributed by atoms with Gasteiger partial charge in [0.1, 0.15) is 0 Å². The lowest BCUT2D eigenvalue weighted by Crippen LogP contribution is -2.33. The summed E-state index contributed by atoms with van der Waals surface area (Å²) < 4.78 is 0. The maximum atomic E-state index is 11.5. The molecule has 1 aromatic carbocycles. The molecule has 0 unspecified atom stereocenters. The second-order valence-corrected chi connectivity index (χ2v) is 5.52. The van der Waals surface area contributed by atoms with Gasteiger partial charge in [-0.1, -0.05) is 12.1 Å². The number of amides is 2. The topological polar surface area (TPSA) is 101 Å². The molecule has 1 fully saturated rings. The molecule has 0 bridgehead atoms. The first kappa shape index (κ1) is 15.6. The molecule has 0 aliphatic carbocycles. The molecule has 1 aromatic rings. The lowest BCUT2D eigenvalue weighted by molar-refractivity contribution is -0.115. The average molecular weight is 306 g/mol. The fraction of sp³-hybridized carbons (Fsp3) is 0.286. The zero-order valence-corrected chi connectivity index (χ0v) is 12.4. The highest BCUT2D eigenvalue weighted by molar-refractivity contribution is 8.18. The highest BCUT2D eigenvalue weighted by Crippen LogP contribution is 2.26. The van der Waals surface area contributed by atoms with E-state index < -0.39 is 0 Å². The highest BCUT2D eigenvalue weighted by atomic mass is 32.2. The minimum Gasteiger partial charge on any atom is -0.369 e. The molecule has 2 rings (SSSR count). The van der Waals surface area contributed by atoms with Gasteiger partial charge in [0.2, 0.25) is 0 Å². The van der Waals surface area contributed by atoms with Crippen LogP contribution in [0.3, 0.4) is 0 Å². The molecule has 112 valence electrons. The number of thioether (sulfide) groups is 1. The van der Waals surface area contributed by atoms with E-state index in [4.69, 9.17) is 11.5 Å². The summed E-state index contributed by atoms with van der Waals surface area (Å²) in [5.74, 6) is -0.345. The first-order valence-electron chi connectivity index (χ1n) is 6.64. The van der Waals surface area contributed by atoms with Gasteiger partial charge in [0, 0.05) is 31.9 Å². The number of benzene rings is 1. The molecule has 1 aliphatic rings. The number of nitrogens with two attached hydrogens (primary N) is 2. The molecule has 0 radical (unpaired) electrons. The molecule has 7 heteroatoms. The summed E-state index contributed by atoms with van der Waals surface area (Å²) in [6, 6.07) is 7.71. The summed E-state index contributed by atoms with van der Waals surface area (Å²) in [5.41, 5.74) is 13.1. The Morgan fingerprint density at radius 3 is 2.19 bits per heavy atom.